The molecule has 1 aliphatic carbocycles. The van der Waals surface area contributed by atoms with Crippen molar-refractivity contribution >= 4 is 11.0 Å². The van der Waals surface area contributed by atoms with E-state index in [-0.39, 0.29) is 35.1 Å². The van der Waals surface area contributed by atoms with E-state index < -0.39 is 24.6 Å². The van der Waals surface area contributed by atoms with Crippen LogP contribution in [0.4, 0.5) is 22.0 Å². The second-order valence-corrected chi connectivity index (χ2v) is 10.3. The molecule has 0 amide bonds. The third kappa shape index (κ3) is 5.17. The van der Waals surface area contributed by atoms with Gasteiger partial charge < -0.3 is 19.4 Å². The predicted octanol–water partition coefficient (Wildman–Crippen LogP) is 6.44. The van der Waals surface area contributed by atoms with Gasteiger partial charge >= 0.3 is 12.8 Å². The summed E-state index contributed by atoms with van der Waals surface area (Å²) in [5.74, 6) is -0.0511. The lowest BCUT2D eigenvalue weighted by molar-refractivity contribution is -0.140. The fourth-order valence-electron chi connectivity index (χ4n) is 4.82. The van der Waals surface area contributed by atoms with Gasteiger partial charge in [0, 0.05) is 35.5 Å². The van der Waals surface area contributed by atoms with Gasteiger partial charge in [-0.3, -0.25) is 0 Å². The first-order chi connectivity index (χ1) is 20.0. The van der Waals surface area contributed by atoms with Crippen LogP contribution in [-0.2, 0) is 6.18 Å². The van der Waals surface area contributed by atoms with Crippen molar-refractivity contribution in [1.82, 2.24) is 34.5 Å². The first-order valence-corrected chi connectivity index (χ1v) is 13.1. The first kappa shape index (κ1) is 27.7. The summed E-state index contributed by atoms with van der Waals surface area (Å²) in [6.45, 7) is 0.406. The summed E-state index contributed by atoms with van der Waals surface area (Å²) in [5.41, 5.74) is 1.81. The molecular weight excluding hydrogens is 561 g/mol. The molecule has 6 rings (SSSR count). The highest BCUT2D eigenvalue weighted by Gasteiger charge is 2.35. The lowest BCUT2D eigenvalue weighted by atomic mass is 10.0. The molecule has 1 atom stereocenters. The van der Waals surface area contributed by atoms with Crippen LogP contribution in [-0.4, -0.2) is 46.2 Å². The normalized spacial score (nSPS) is 14.7. The molecule has 1 fully saturated rings. The van der Waals surface area contributed by atoms with Crippen LogP contribution in [0.3, 0.4) is 0 Å². The lowest BCUT2D eigenvalue weighted by Crippen LogP contribution is -2.08. The minimum Gasteiger partial charge on any atom is -0.416 e. The fraction of sp³-hybridized carbons (Fsp3) is 0.321. The largest absolute Gasteiger partial charge is 0.434 e. The van der Waals surface area contributed by atoms with E-state index in [1.165, 1.54) is 17.1 Å². The molecule has 42 heavy (non-hydrogen) atoms. The molecule has 218 valence electrons. The van der Waals surface area contributed by atoms with Crippen LogP contribution in [0.15, 0.2) is 49.2 Å². The molecule has 1 unspecified atom stereocenters. The average molecular weight is 586 g/mol. The summed E-state index contributed by atoms with van der Waals surface area (Å²) in [5, 5.41) is 11.3. The lowest BCUT2D eigenvalue weighted by Gasteiger charge is -2.14. The fourth-order valence-corrected chi connectivity index (χ4v) is 4.82. The van der Waals surface area contributed by atoms with Crippen LogP contribution < -0.4 is 4.74 Å². The van der Waals surface area contributed by atoms with Crippen molar-refractivity contribution in [3.8, 4) is 28.7 Å². The van der Waals surface area contributed by atoms with Gasteiger partial charge in [0.1, 0.15) is 23.8 Å². The molecule has 2 N–H and O–H groups in total. The van der Waals surface area contributed by atoms with Crippen molar-refractivity contribution in [1.29, 1.82) is 0 Å². The molecule has 0 aliphatic heterocycles. The van der Waals surface area contributed by atoms with Gasteiger partial charge in [-0.25, -0.2) is 24.9 Å². The molecule has 5 aromatic rings. The summed E-state index contributed by atoms with van der Waals surface area (Å²) < 4.78 is 72.4. The highest BCUT2D eigenvalue weighted by molar-refractivity contribution is 5.82. The third-order valence-electron chi connectivity index (χ3n) is 7.03. The Morgan fingerprint density at radius 2 is 1.79 bits per heavy atom. The van der Waals surface area contributed by atoms with Gasteiger partial charge in [-0.05, 0) is 32.3 Å². The van der Waals surface area contributed by atoms with Crippen molar-refractivity contribution in [3.05, 3.63) is 71.7 Å². The zero-order valence-corrected chi connectivity index (χ0v) is 22.3. The summed E-state index contributed by atoms with van der Waals surface area (Å²) >= 11 is 0. The molecule has 0 bridgehead atoms. The highest BCUT2D eigenvalue weighted by Crippen LogP contribution is 2.45. The molecule has 0 radical (unpaired) electrons. The minimum absolute atomic E-state index is 0.0515. The Morgan fingerprint density at radius 1 is 1.05 bits per heavy atom. The van der Waals surface area contributed by atoms with Gasteiger partial charge in [-0.2, -0.15) is 22.0 Å². The molecule has 0 spiro atoms. The summed E-state index contributed by atoms with van der Waals surface area (Å²) in [4.78, 5) is 23.9. The number of halogens is 5. The van der Waals surface area contributed by atoms with E-state index in [1.807, 2.05) is 0 Å². The SMILES string of the molecule is CC(C)n1cc(C(F)(F)F)nc1-c1ccc(C(O)c2c[nH]c3cnc(-c4c(OC(F)F)ncnc4C4CC4)nc23)cc1. The van der Waals surface area contributed by atoms with Crippen LogP contribution in [0.25, 0.3) is 33.8 Å². The Balaban J connectivity index is 1.36. The Labute approximate surface area is 235 Å². The number of hydrogen-bond donors (Lipinski definition) is 2. The number of imidazole rings is 1. The molecule has 4 heterocycles. The summed E-state index contributed by atoms with van der Waals surface area (Å²) in [6, 6.07) is 6.10. The van der Waals surface area contributed by atoms with E-state index >= 15 is 0 Å². The van der Waals surface area contributed by atoms with Crippen LogP contribution in [0.5, 0.6) is 5.88 Å². The number of aliphatic hydroxyl groups is 1. The molecule has 14 heteroatoms. The van der Waals surface area contributed by atoms with Gasteiger partial charge in [0.25, 0.3) is 0 Å². The van der Waals surface area contributed by atoms with Gasteiger partial charge in [0.15, 0.2) is 11.5 Å². The van der Waals surface area contributed by atoms with Crippen molar-refractivity contribution in [3.63, 3.8) is 0 Å². The number of nitrogens with one attached hydrogen (secondary N) is 1. The quantitative estimate of drug-likeness (QED) is 0.202. The van der Waals surface area contributed by atoms with E-state index in [0.717, 1.165) is 19.0 Å². The Morgan fingerprint density at radius 3 is 2.43 bits per heavy atom. The zero-order chi connectivity index (χ0) is 29.8. The number of nitrogens with zero attached hydrogens (tertiary/aromatic N) is 6. The number of alkyl halides is 5. The van der Waals surface area contributed by atoms with E-state index in [0.29, 0.717) is 33.4 Å². The number of ether oxygens (including phenoxy) is 1. The number of hydrogen-bond acceptors (Lipinski definition) is 7. The van der Waals surface area contributed by atoms with Crippen molar-refractivity contribution in [2.45, 2.75) is 57.5 Å². The van der Waals surface area contributed by atoms with E-state index in [2.05, 4.69) is 34.6 Å². The summed E-state index contributed by atoms with van der Waals surface area (Å²) in [6.07, 6.45) is 1.07. The van der Waals surface area contributed by atoms with Crippen LogP contribution in [0.2, 0.25) is 0 Å². The van der Waals surface area contributed by atoms with Crippen LogP contribution in [0, 0.1) is 0 Å². The molecule has 1 aliphatic rings. The van der Waals surface area contributed by atoms with Crippen molar-refractivity contribution < 1.29 is 31.8 Å². The van der Waals surface area contributed by atoms with Crippen molar-refractivity contribution in [2.75, 3.05) is 0 Å². The minimum atomic E-state index is -4.58. The van der Waals surface area contributed by atoms with Gasteiger partial charge in [-0.15, -0.1) is 0 Å². The number of benzene rings is 1. The molecule has 9 nitrogen and oxygen atoms in total. The maximum atomic E-state index is 13.3. The third-order valence-corrected chi connectivity index (χ3v) is 7.03. The first-order valence-electron chi connectivity index (χ1n) is 13.1. The number of aromatic amines is 1. The Hall–Kier alpha value is -4.46. The van der Waals surface area contributed by atoms with E-state index in [1.54, 1.807) is 44.3 Å². The molecule has 0 saturated heterocycles. The second kappa shape index (κ2) is 10.4. The van der Waals surface area contributed by atoms with Crippen LogP contribution in [0.1, 0.15) is 67.3 Å². The maximum absolute atomic E-state index is 13.3. The zero-order valence-electron chi connectivity index (χ0n) is 22.3. The molecule has 1 saturated carbocycles. The molecule has 4 aromatic heterocycles. The Kier molecular flexibility index (Phi) is 6.87. The number of fused-ring (bicyclic) bond motifs is 1. The monoisotopic (exact) mass is 585 g/mol. The smallest absolute Gasteiger partial charge is 0.416 e. The van der Waals surface area contributed by atoms with E-state index in [4.69, 9.17) is 0 Å². The number of aromatic nitrogens is 7. The number of aliphatic hydroxyl groups excluding tert-OH is 1. The molecule has 1 aromatic carbocycles. The maximum Gasteiger partial charge on any atom is 0.434 e. The Bertz CT molecular complexity index is 1740. The standard InChI is InChI=1S/C28H24F5N7O2/c1-13(2)40-11-19(28(31,32)33)38-25(40)16-7-5-15(6-8-16)23(41)17-9-34-18-10-35-24(39-22(17)18)20-21(14-3-4-14)36-12-37-26(20)42-27(29)30/h5-14,23,27,34,41H,3-4H2,1-2H3. The second-order valence-electron chi connectivity index (χ2n) is 10.3. The van der Waals surface area contributed by atoms with Gasteiger partial charge in [0.2, 0.25) is 5.88 Å². The summed E-state index contributed by atoms with van der Waals surface area (Å²) in [7, 11) is 0. The highest BCUT2D eigenvalue weighted by atomic mass is 19.4. The van der Waals surface area contributed by atoms with Gasteiger partial charge in [0.05, 0.1) is 22.9 Å². The van der Waals surface area contributed by atoms with Gasteiger partial charge in [-0.1, -0.05) is 24.3 Å². The average Bonchev–Trinajstić information content (AvgIpc) is 3.54. The number of rotatable bonds is 8. The topological polar surface area (TPSA) is 115 Å². The van der Waals surface area contributed by atoms with E-state index in [9.17, 15) is 27.1 Å². The number of H-pyrrole nitrogens is 1. The van der Waals surface area contributed by atoms with Crippen LogP contribution >= 0.6 is 0 Å². The molecular formula is C28H24F5N7O2. The van der Waals surface area contributed by atoms with Crippen molar-refractivity contribution in [2.24, 2.45) is 0 Å². The predicted molar refractivity (Wildman–Crippen MR) is 141 cm³/mol.